The summed E-state index contributed by atoms with van der Waals surface area (Å²) in [4.78, 5) is 37.8. The van der Waals surface area contributed by atoms with Gasteiger partial charge in [0.2, 0.25) is 0 Å². The molecule has 17 heteroatoms. The highest BCUT2D eigenvalue weighted by molar-refractivity contribution is 7.90. The molecule has 2 aromatic heterocycles. The SMILES string of the molecule is CC(C)COc1cc(F)cc(-c2ccc(C(=O)NS(=O)(=O)c3cccc(N(C)C)n3)c(C3C[C@@H](C)CC3(C)C)c2)c1.CC(C)COc1cc(F)cc(-c2ccc(C(=O)NS(=O)(=O)c3ccccc3)c(C3C[C@@H](C)CC3(C)C)n2)c1. The van der Waals surface area contributed by atoms with Crippen molar-refractivity contribution >= 4 is 37.7 Å². The first-order chi connectivity index (χ1) is 37.0. The van der Waals surface area contributed by atoms with Crippen molar-refractivity contribution in [2.45, 2.75) is 117 Å². The maximum absolute atomic E-state index is 14.6. The number of aromatic nitrogens is 2. The van der Waals surface area contributed by atoms with Crippen molar-refractivity contribution in [3.63, 3.8) is 0 Å². The predicted octanol–water partition coefficient (Wildman–Crippen LogP) is 13.2. The van der Waals surface area contributed by atoms with Gasteiger partial charge in [-0.25, -0.2) is 31.6 Å². The molecule has 2 saturated carbocycles. The zero-order chi connectivity index (χ0) is 57.8. The summed E-state index contributed by atoms with van der Waals surface area (Å²) in [7, 11) is -4.79. The minimum absolute atomic E-state index is 0.00122. The Morgan fingerprint density at radius 1 is 0.620 bits per heavy atom. The maximum Gasteiger partial charge on any atom is 0.281 e. The fraction of sp³-hybridized carbons (Fsp3) is 0.419. The lowest BCUT2D eigenvalue weighted by Crippen LogP contribution is -2.33. The third kappa shape index (κ3) is 14.9. The van der Waals surface area contributed by atoms with E-state index in [0.717, 1.165) is 36.8 Å². The lowest BCUT2D eigenvalue weighted by molar-refractivity contribution is 0.0969. The quantitative estimate of drug-likeness (QED) is 0.0889. The Labute approximate surface area is 466 Å². The van der Waals surface area contributed by atoms with Gasteiger partial charge in [0.05, 0.1) is 35.1 Å². The van der Waals surface area contributed by atoms with Crippen molar-refractivity contribution < 1.29 is 44.7 Å². The van der Waals surface area contributed by atoms with Gasteiger partial charge in [-0.05, 0) is 150 Å². The second-order valence-electron chi connectivity index (χ2n) is 23.8. The van der Waals surface area contributed by atoms with Crippen LogP contribution in [-0.4, -0.2) is 65.9 Å². The number of hydrogen-bond acceptors (Lipinski definition) is 11. The van der Waals surface area contributed by atoms with Crippen LogP contribution in [0.5, 0.6) is 11.5 Å². The molecule has 8 rings (SSSR count). The number of amides is 2. The average Bonchev–Trinajstić information content (AvgIpc) is 4.03. The summed E-state index contributed by atoms with van der Waals surface area (Å²) in [6.07, 6.45) is 3.57. The molecular formula is C62H75F2N5O8S2. The van der Waals surface area contributed by atoms with E-state index in [0.29, 0.717) is 64.9 Å². The maximum atomic E-state index is 14.6. The summed E-state index contributed by atoms with van der Waals surface area (Å²) in [6, 6.07) is 29.9. The van der Waals surface area contributed by atoms with Crippen LogP contribution < -0.4 is 23.8 Å². The molecule has 4 atom stereocenters. The van der Waals surface area contributed by atoms with Crippen LogP contribution >= 0.6 is 0 Å². The van der Waals surface area contributed by atoms with Gasteiger partial charge in [0, 0.05) is 43.3 Å². The van der Waals surface area contributed by atoms with Gasteiger partial charge < -0.3 is 14.4 Å². The highest BCUT2D eigenvalue weighted by atomic mass is 32.2. The highest BCUT2D eigenvalue weighted by Gasteiger charge is 2.43. The summed E-state index contributed by atoms with van der Waals surface area (Å²) in [6.45, 7) is 21.9. The molecule has 0 bridgehead atoms. The van der Waals surface area contributed by atoms with Crippen LogP contribution in [0.1, 0.15) is 139 Å². The van der Waals surface area contributed by atoms with Crippen molar-refractivity contribution in [1.82, 2.24) is 19.4 Å². The molecule has 0 radical (unpaired) electrons. The molecule has 13 nitrogen and oxygen atoms in total. The van der Waals surface area contributed by atoms with Gasteiger partial charge in [-0.15, -0.1) is 0 Å². The number of carbonyl (C=O) groups is 2. The number of pyridine rings is 2. The molecule has 4 aromatic carbocycles. The van der Waals surface area contributed by atoms with Crippen molar-refractivity contribution in [2.24, 2.45) is 34.5 Å². The smallest absolute Gasteiger partial charge is 0.281 e. The van der Waals surface area contributed by atoms with Crippen molar-refractivity contribution in [3.05, 3.63) is 149 Å². The fourth-order valence-corrected chi connectivity index (χ4v) is 13.0. The van der Waals surface area contributed by atoms with E-state index in [2.05, 4.69) is 56.0 Å². The molecule has 2 aliphatic rings. The van der Waals surface area contributed by atoms with Gasteiger partial charge in [-0.2, -0.15) is 8.42 Å². The van der Waals surface area contributed by atoms with Gasteiger partial charge in [-0.3, -0.25) is 14.6 Å². The normalized spacial score (nSPS) is 18.6. The third-order valence-corrected chi connectivity index (χ3v) is 17.2. The third-order valence-electron chi connectivity index (χ3n) is 14.6. The first-order valence-corrected chi connectivity index (χ1v) is 29.8. The van der Waals surface area contributed by atoms with Crippen LogP contribution in [0.15, 0.2) is 125 Å². The van der Waals surface area contributed by atoms with Crippen LogP contribution in [0.3, 0.4) is 0 Å². The number of hydrogen-bond donors (Lipinski definition) is 2. The van der Waals surface area contributed by atoms with Crippen LogP contribution in [0.4, 0.5) is 14.6 Å². The van der Waals surface area contributed by atoms with E-state index in [4.69, 9.17) is 14.5 Å². The zero-order valence-electron chi connectivity index (χ0n) is 47.4. The number of nitrogens with zero attached hydrogens (tertiary/aromatic N) is 3. The minimum Gasteiger partial charge on any atom is -0.493 e. The summed E-state index contributed by atoms with van der Waals surface area (Å²) in [5, 5.41) is -0.237. The lowest BCUT2D eigenvalue weighted by atomic mass is 9.75. The molecule has 2 aliphatic carbocycles. The molecule has 0 spiro atoms. The first kappa shape index (κ1) is 59.9. The van der Waals surface area contributed by atoms with E-state index >= 15 is 0 Å². The average molecular weight is 1120 g/mol. The Morgan fingerprint density at radius 2 is 1.15 bits per heavy atom. The first-order valence-electron chi connectivity index (χ1n) is 26.9. The molecule has 6 aromatic rings. The van der Waals surface area contributed by atoms with E-state index in [-0.39, 0.29) is 55.5 Å². The molecular weight excluding hydrogens is 1040 g/mol. The number of carbonyl (C=O) groups excluding carboxylic acids is 2. The Hall–Kier alpha value is -6.72. The molecule has 0 aliphatic heterocycles. The standard InChI is InChI=1S/C32H40FN3O4S.C30H35FN2O4S/c1-20(2)19-40-25-15-23(14-24(33)17-25)22-11-12-26(27(16-22)28-13-21(3)18-32(28,4)5)31(37)35-41(38,39)30-10-8-9-29(34-30)36(6)7;1-19(2)18-37-23-15-21(14-22(31)16-23)27-12-11-25(28(32-27)26-13-20(3)17-30(26,4)5)29(34)33-38(35,36)24-9-7-6-8-10-24/h8-12,14-17,20-21,28H,13,18-19H2,1-7H3,(H,35,37);6-12,14-16,19-20,26H,13,17-18H2,1-5H3,(H,33,34)/t21-,28?;20-,26?/m11/s1. The Kier molecular flexibility index (Phi) is 18.5. The number of nitrogens with one attached hydrogen (secondary N) is 2. The number of halogens is 2. The van der Waals surface area contributed by atoms with Gasteiger partial charge >= 0.3 is 0 Å². The second-order valence-corrected chi connectivity index (χ2v) is 27.1. The van der Waals surface area contributed by atoms with E-state index in [1.807, 2.05) is 33.8 Å². The van der Waals surface area contributed by atoms with Crippen molar-refractivity contribution in [3.8, 4) is 33.9 Å². The van der Waals surface area contributed by atoms with Gasteiger partial charge in [0.25, 0.3) is 31.9 Å². The van der Waals surface area contributed by atoms with E-state index in [9.17, 15) is 35.2 Å². The Bertz CT molecular complexity index is 3410. The molecule has 422 valence electrons. The van der Waals surface area contributed by atoms with Crippen LogP contribution in [0, 0.1) is 46.1 Å². The molecule has 2 fully saturated rings. The number of ether oxygens (including phenoxy) is 2. The summed E-state index contributed by atoms with van der Waals surface area (Å²) >= 11 is 0. The summed E-state index contributed by atoms with van der Waals surface area (Å²) in [5.41, 5.74) is 3.83. The monoisotopic (exact) mass is 1120 g/mol. The number of rotatable bonds is 17. The Morgan fingerprint density at radius 3 is 1.71 bits per heavy atom. The fourth-order valence-electron chi connectivity index (χ4n) is 11.1. The highest BCUT2D eigenvalue weighted by Crippen LogP contribution is 2.54. The topological polar surface area (TPSA) is 174 Å². The van der Waals surface area contributed by atoms with Crippen molar-refractivity contribution in [2.75, 3.05) is 32.2 Å². The zero-order valence-corrected chi connectivity index (χ0v) is 49.0. The van der Waals surface area contributed by atoms with E-state index in [1.165, 1.54) is 42.5 Å². The molecule has 2 amide bonds. The summed E-state index contributed by atoms with van der Waals surface area (Å²) < 4.78 is 97.3. The molecule has 0 saturated heterocycles. The van der Waals surface area contributed by atoms with E-state index < -0.39 is 43.5 Å². The van der Waals surface area contributed by atoms with Gasteiger partial charge in [-0.1, -0.05) is 106 Å². The molecule has 2 N–H and O–H groups in total. The minimum atomic E-state index is -4.23. The number of benzene rings is 4. The van der Waals surface area contributed by atoms with E-state index in [1.54, 1.807) is 85.7 Å². The van der Waals surface area contributed by atoms with Crippen molar-refractivity contribution in [1.29, 1.82) is 0 Å². The number of sulfonamides is 2. The number of anilines is 1. The van der Waals surface area contributed by atoms with Crippen LogP contribution in [0.25, 0.3) is 22.4 Å². The van der Waals surface area contributed by atoms with Crippen LogP contribution in [-0.2, 0) is 20.0 Å². The largest absolute Gasteiger partial charge is 0.493 e. The lowest BCUT2D eigenvalue weighted by Gasteiger charge is -2.29. The molecule has 79 heavy (non-hydrogen) atoms. The molecule has 2 heterocycles. The Balaban J connectivity index is 0.000000229. The molecule has 2 unspecified atom stereocenters. The predicted molar refractivity (Wildman–Crippen MR) is 306 cm³/mol. The van der Waals surface area contributed by atoms with Gasteiger partial charge in [0.1, 0.15) is 29.0 Å². The van der Waals surface area contributed by atoms with Crippen LogP contribution in [0.2, 0.25) is 0 Å². The summed E-state index contributed by atoms with van der Waals surface area (Å²) in [5.74, 6) is 0.301. The van der Waals surface area contributed by atoms with Gasteiger partial charge in [0.15, 0.2) is 5.03 Å². The second kappa shape index (κ2) is 24.3.